The van der Waals surface area contributed by atoms with Crippen LogP contribution in [0.2, 0.25) is 0 Å². The normalized spacial score (nSPS) is 25.6. The van der Waals surface area contributed by atoms with Gasteiger partial charge in [0, 0.05) is 29.1 Å². The third-order valence-corrected chi connectivity index (χ3v) is 4.70. The molecule has 0 spiro atoms. The van der Waals surface area contributed by atoms with E-state index in [1.807, 2.05) is 13.8 Å². The summed E-state index contributed by atoms with van der Waals surface area (Å²) in [5.74, 6) is 0.751. The zero-order valence-electron chi connectivity index (χ0n) is 12.2. The van der Waals surface area contributed by atoms with Crippen LogP contribution >= 0.6 is 0 Å². The molecule has 2 heteroatoms. The molecule has 1 fully saturated rings. The van der Waals surface area contributed by atoms with E-state index >= 15 is 0 Å². The van der Waals surface area contributed by atoms with Crippen molar-refractivity contribution < 1.29 is 0 Å². The largest absolute Gasteiger partial charge is 0.361 e. The van der Waals surface area contributed by atoms with Crippen LogP contribution in [0.5, 0.6) is 0 Å². The van der Waals surface area contributed by atoms with Crippen molar-refractivity contribution >= 4 is 10.9 Å². The average molecular weight is 256 g/mol. The van der Waals surface area contributed by atoms with Crippen molar-refractivity contribution in [3.8, 4) is 0 Å². The Balaban J connectivity index is 0.000000528. The lowest BCUT2D eigenvalue weighted by Crippen LogP contribution is -2.44. The van der Waals surface area contributed by atoms with Crippen molar-refractivity contribution in [1.82, 2.24) is 9.88 Å². The number of benzene rings is 1. The molecule has 2 aromatic rings. The third kappa shape index (κ3) is 1.90. The molecule has 102 valence electrons. The van der Waals surface area contributed by atoms with Crippen molar-refractivity contribution in [2.75, 3.05) is 13.6 Å². The first-order valence-electron chi connectivity index (χ1n) is 7.64. The van der Waals surface area contributed by atoms with Gasteiger partial charge in [0.2, 0.25) is 0 Å². The van der Waals surface area contributed by atoms with Gasteiger partial charge in [-0.05, 0) is 50.0 Å². The number of rotatable bonds is 0. The molecule has 1 saturated heterocycles. The number of aromatic nitrogens is 1. The summed E-state index contributed by atoms with van der Waals surface area (Å²) in [4.78, 5) is 5.98. The highest BCUT2D eigenvalue weighted by molar-refractivity contribution is 5.88. The van der Waals surface area contributed by atoms with Crippen LogP contribution in [-0.2, 0) is 6.42 Å². The Labute approximate surface area is 115 Å². The van der Waals surface area contributed by atoms with E-state index in [9.17, 15) is 0 Å². The number of aromatic amines is 1. The molecule has 2 aliphatic rings. The van der Waals surface area contributed by atoms with Gasteiger partial charge in [-0.25, -0.2) is 0 Å². The van der Waals surface area contributed by atoms with Crippen molar-refractivity contribution in [2.45, 2.75) is 45.1 Å². The van der Waals surface area contributed by atoms with Crippen molar-refractivity contribution in [2.24, 2.45) is 0 Å². The van der Waals surface area contributed by atoms with Crippen LogP contribution in [0.1, 0.15) is 43.7 Å². The van der Waals surface area contributed by atoms with Gasteiger partial charge in [-0.2, -0.15) is 0 Å². The Bertz CT molecular complexity index is 570. The standard InChI is InChI=1S/C15H18N2.C2H6/c1-17-7-3-5-11-12-4-2-6-13-15(12)10(9-16-13)8-14(11)17;1-2/h2,4,6,9,11,14,16H,3,5,7-8H2,1H3;1-2H3. The zero-order valence-corrected chi connectivity index (χ0v) is 12.2. The second-order valence-corrected chi connectivity index (χ2v) is 5.58. The minimum absolute atomic E-state index is 0.720. The Morgan fingerprint density at radius 1 is 1.26 bits per heavy atom. The monoisotopic (exact) mass is 256 g/mol. The maximum absolute atomic E-state index is 3.43. The molecule has 1 aliphatic heterocycles. The summed E-state index contributed by atoms with van der Waals surface area (Å²) < 4.78 is 0. The maximum Gasteiger partial charge on any atom is 0.0459 e. The number of likely N-dealkylation sites (tertiary alicyclic amines) is 1. The molecule has 19 heavy (non-hydrogen) atoms. The minimum atomic E-state index is 0.720. The van der Waals surface area contributed by atoms with Gasteiger partial charge in [-0.15, -0.1) is 0 Å². The molecule has 1 N–H and O–H groups in total. The lowest BCUT2D eigenvalue weighted by Gasteiger charge is -2.42. The molecule has 0 bridgehead atoms. The smallest absolute Gasteiger partial charge is 0.0459 e. The molecule has 0 amide bonds. The molecule has 2 heterocycles. The lowest BCUT2D eigenvalue weighted by atomic mass is 9.75. The molecule has 0 saturated carbocycles. The van der Waals surface area contributed by atoms with E-state index in [1.165, 1.54) is 42.3 Å². The first-order chi connectivity index (χ1) is 9.34. The van der Waals surface area contributed by atoms with E-state index in [0.29, 0.717) is 0 Å². The summed E-state index contributed by atoms with van der Waals surface area (Å²) in [6, 6.07) is 7.47. The molecule has 2 atom stereocenters. The molecule has 2 unspecified atom stereocenters. The number of fused-ring (bicyclic) bond motifs is 2. The third-order valence-electron chi connectivity index (χ3n) is 4.70. The number of nitrogens with zero attached hydrogens (tertiary/aromatic N) is 1. The summed E-state index contributed by atoms with van der Waals surface area (Å²) in [5, 5.41) is 1.52. The van der Waals surface area contributed by atoms with Crippen molar-refractivity contribution in [1.29, 1.82) is 0 Å². The molecule has 0 radical (unpaired) electrons. The summed E-state index contributed by atoms with van der Waals surface area (Å²) >= 11 is 0. The highest BCUT2D eigenvalue weighted by atomic mass is 15.1. The van der Waals surface area contributed by atoms with E-state index in [1.54, 1.807) is 5.56 Å². The number of hydrogen-bond acceptors (Lipinski definition) is 1. The van der Waals surface area contributed by atoms with E-state index in [-0.39, 0.29) is 0 Å². The maximum atomic E-state index is 3.43. The first kappa shape index (κ1) is 12.7. The molecule has 1 aromatic heterocycles. The quantitative estimate of drug-likeness (QED) is 0.756. The SMILES string of the molecule is CC.CN1CCCC2c3cccc4[nH]cc(c34)CC21. The first-order valence-corrected chi connectivity index (χ1v) is 7.64. The van der Waals surface area contributed by atoms with Crippen molar-refractivity contribution in [3.05, 3.63) is 35.5 Å². The van der Waals surface area contributed by atoms with Crippen molar-refractivity contribution in [3.63, 3.8) is 0 Å². The lowest BCUT2D eigenvalue weighted by molar-refractivity contribution is 0.157. The van der Waals surface area contributed by atoms with E-state index in [0.717, 1.165) is 12.0 Å². The predicted octanol–water partition coefficient (Wildman–Crippen LogP) is 3.93. The van der Waals surface area contributed by atoms with Crippen LogP contribution in [-0.4, -0.2) is 29.5 Å². The topological polar surface area (TPSA) is 19.0 Å². The summed E-state index contributed by atoms with van der Waals surface area (Å²) in [7, 11) is 2.29. The van der Waals surface area contributed by atoms with E-state index in [2.05, 4.69) is 41.3 Å². The van der Waals surface area contributed by atoms with E-state index in [4.69, 9.17) is 0 Å². The molecule has 2 nitrogen and oxygen atoms in total. The van der Waals surface area contributed by atoms with Gasteiger partial charge in [0.15, 0.2) is 0 Å². The summed E-state index contributed by atoms with van der Waals surface area (Å²) in [5.41, 5.74) is 4.43. The van der Waals surface area contributed by atoms with Gasteiger partial charge in [0.25, 0.3) is 0 Å². The second kappa shape index (κ2) is 5.01. The van der Waals surface area contributed by atoms with Gasteiger partial charge in [0.1, 0.15) is 0 Å². The van der Waals surface area contributed by atoms with Crippen LogP contribution < -0.4 is 0 Å². The minimum Gasteiger partial charge on any atom is -0.361 e. The Morgan fingerprint density at radius 3 is 2.95 bits per heavy atom. The van der Waals surface area contributed by atoms with Crippen LogP contribution in [0.3, 0.4) is 0 Å². The Hall–Kier alpha value is -1.28. The van der Waals surface area contributed by atoms with E-state index < -0.39 is 0 Å². The summed E-state index contributed by atoms with van der Waals surface area (Å²) in [6.45, 7) is 5.26. The number of likely N-dealkylation sites (N-methyl/N-ethyl adjacent to an activating group) is 1. The fraction of sp³-hybridized carbons (Fsp3) is 0.529. The Kier molecular flexibility index (Phi) is 3.36. The fourth-order valence-corrected chi connectivity index (χ4v) is 3.87. The average Bonchev–Trinajstić information content (AvgIpc) is 2.88. The second-order valence-electron chi connectivity index (χ2n) is 5.58. The zero-order chi connectivity index (χ0) is 13.4. The molecule has 4 rings (SSSR count). The summed E-state index contributed by atoms with van der Waals surface area (Å²) in [6.07, 6.45) is 6.14. The van der Waals surface area contributed by atoms with Gasteiger partial charge in [-0.1, -0.05) is 26.0 Å². The van der Waals surface area contributed by atoms with Crippen LogP contribution in [0, 0.1) is 0 Å². The van der Waals surface area contributed by atoms with Crippen LogP contribution in [0.4, 0.5) is 0 Å². The molecule has 1 aliphatic carbocycles. The van der Waals surface area contributed by atoms with Gasteiger partial charge >= 0.3 is 0 Å². The number of piperidine rings is 1. The Morgan fingerprint density at radius 2 is 2.11 bits per heavy atom. The van der Waals surface area contributed by atoms with Gasteiger partial charge < -0.3 is 9.88 Å². The van der Waals surface area contributed by atoms with Crippen LogP contribution in [0.25, 0.3) is 10.9 Å². The molecular formula is C17H24N2. The predicted molar refractivity (Wildman–Crippen MR) is 81.7 cm³/mol. The van der Waals surface area contributed by atoms with Gasteiger partial charge in [0.05, 0.1) is 0 Å². The highest BCUT2D eigenvalue weighted by Gasteiger charge is 2.35. The number of hydrogen-bond donors (Lipinski definition) is 1. The van der Waals surface area contributed by atoms with Gasteiger partial charge in [-0.3, -0.25) is 0 Å². The fourth-order valence-electron chi connectivity index (χ4n) is 3.87. The highest BCUT2D eigenvalue weighted by Crippen LogP contribution is 2.42. The molecule has 1 aromatic carbocycles. The number of nitrogens with one attached hydrogen (secondary N) is 1. The van der Waals surface area contributed by atoms with Crippen LogP contribution in [0.15, 0.2) is 24.4 Å². The molecular weight excluding hydrogens is 232 g/mol. The number of H-pyrrole nitrogens is 1.